The zero-order chi connectivity index (χ0) is 12.8. The molecule has 0 bridgehead atoms. The quantitative estimate of drug-likeness (QED) is 0.584. The van der Waals surface area contributed by atoms with Crippen molar-refractivity contribution < 1.29 is 14.5 Å². The molecule has 0 spiro atoms. The first-order valence-electron chi connectivity index (χ1n) is 4.85. The molecule has 0 atom stereocenters. The van der Waals surface area contributed by atoms with E-state index in [1.54, 1.807) is 0 Å². The van der Waals surface area contributed by atoms with Crippen LogP contribution in [-0.4, -0.2) is 31.5 Å². The maximum atomic E-state index is 11.0. The molecular formula is C10H13N3O4. The number of amides is 1. The van der Waals surface area contributed by atoms with Crippen LogP contribution in [0.2, 0.25) is 0 Å². The van der Waals surface area contributed by atoms with Crippen LogP contribution in [0.4, 0.5) is 11.4 Å². The minimum atomic E-state index is -0.522. The smallest absolute Gasteiger partial charge is 0.292 e. The fraction of sp³-hybridized carbons (Fsp3) is 0.300. The Hall–Kier alpha value is -2.31. The van der Waals surface area contributed by atoms with E-state index in [9.17, 15) is 14.9 Å². The number of ether oxygens (including phenoxy) is 1. The molecule has 0 aromatic heterocycles. The molecule has 92 valence electrons. The summed E-state index contributed by atoms with van der Waals surface area (Å²) >= 11 is 0. The van der Waals surface area contributed by atoms with Crippen LogP contribution in [-0.2, 0) is 4.79 Å². The van der Waals surface area contributed by atoms with Crippen LogP contribution in [0.1, 0.15) is 0 Å². The van der Waals surface area contributed by atoms with Gasteiger partial charge in [0.1, 0.15) is 11.4 Å². The third-order valence-electron chi connectivity index (χ3n) is 2.12. The molecule has 7 heteroatoms. The average molecular weight is 239 g/mol. The fourth-order valence-corrected chi connectivity index (χ4v) is 1.21. The molecule has 7 nitrogen and oxygen atoms in total. The molecule has 0 saturated heterocycles. The number of carbonyl (C=O) groups excluding carboxylic acids is 1. The van der Waals surface area contributed by atoms with Crippen molar-refractivity contribution >= 4 is 17.3 Å². The zero-order valence-corrected chi connectivity index (χ0v) is 9.52. The Bertz CT molecular complexity index is 434. The van der Waals surface area contributed by atoms with Crippen molar-refractivity contribution in [1.82, 2.24) is 5.32 Å². The maximum absolute atomic E-state index is 11.0. The van der Waals surface area contributed by atoms with E-state index in [2.05, 4.69) is 10.6 Å². The molecule has 2 N–H and O–H groups in total. The molecule has 1 amide bonds. The Morgan fingerprint density at radius 2 is 2.24 bits per heavy atom. The number of rotatable bonds is 5. The Morgan fingerprint density at radius 1 is 1.53 bits per heavy atom. The summed E-state index contributed by atoms with van der Waals surface area (Å²) in [5.41, 5.74) is 0.146. The normalized spacial score (nSPS) is 9.53. The summed E-state index contributed by atoms with van der Waals surface area (Å²) < 4.78 is 4.96. The van der Waals surface area contributed by atoms with Crippen LogP contribution in [0.25, 0.3) is 0 Å². The van der Waals surface area contributed by atoms with Crippen molar-refractivity contribution in [1.29, 1.82) is 0 Å². The predicted octanol–water partition coefficient (Wildman–Crippen LogP) is 0.761. The van der Waals surface area contributed by atoms with Gasteiger partial charge >= 0.3 is 0 Å². The van der Waals surface area contributed by atoms with Gasteiger partial charge in [0.25, 0.3) is 5.69 Å². The lowest BCUT2D eigenvalue weighted by molar-refractivity contribution is -0.384. The van der Waals surface area contributed by atoms with E-state index in [0.29, 0.717) is 5.75 Å². The Kier molecular flexibility index (Phi) is 4.27. The van der Waals surface area contributed by atoms with Crippen LogP contribution in [0.15, 0.2) is 18.2 Å². The fourth-order valence-electron chi connectivity index (χ4n) is 1.21. The van der Waals surface area contributed by atoms with Crippen molar-refractivity contribution in [3.05, 3.63) is 28.3 Å². The van der Waals surface area contributed by atoms with Crippen molar-refractivity contribution in [3.63, 3.8) is 0 Å². The van der Waals surface area contributed by atoms with Crippen molar-refractivity contribution in [2.45, 2.75) is 0 Å². The number of benzene rings is 1. The van der Waals surface area contributed by atoms with Crippen molar-refractivity contribution in [2.75, 3.05) is 26.0 Å². The summed E-state index contributed by atoms with van der Waals surface area (Å²) in [5, 5.41) is 15.9. The lowest BCUT2D eigenvalue weighted by atomic mass is 10.2. The van der Waals surface area contributed by atoms with E-state index in [-0.39, 0.29) is 23.8 Å². The first-order valence-corrected chi connectivity index (χ1v) is 4.85. The summed E-state index contributed by atoms with van der Waals surface area (Å²) in [6.45, 7) is -0.0372. The number of nitro benzene ring substituents is 1. The highest BCUT2D eigenvalue weighted by atomic mass is 16.6. The standard InChI is InChI=1S/C10H13N3O4/c1-11-10(14)6-12-8-5-7(17-2)3-4-9(8)13(15)16/h3-5,12H,6H2,1-2H3,(H,11,14). The Balaban J connectivity index is 2.93. The van der Waals surface area contributed by atoms with Gasteiger partial charge in [0.15, 0.2) is 0 Å². The van der Waals surface area contributed by atoms with Gasteiger partial charge < -0.3 is 15.4 Å². The number of anilines is 1. The molecule has 0 unspecified atom stereocenters. The van der Waals surface area contributed by atoms with Gasteiger partial charge in [0.05, 0.1) is 18.6 Å². The molecule has 0 radical (unpaired) electrons. The molecule has 0 heterocycles. The minimum absolute atomic E-state index is 0.0372. The second kappa shape index (κ2) is 5.69. The van der Waals surface area contributed by atoms with E-state index in [0.717, 1.165) is 0 Å². The first kappa shape index (κ1) is 12.8. The van der Waals surface area contributed by atoms with Gasteiger partial charge in [-0.3, -0.25) is 14.9 Å². The lowest BCUT2D eigenvalue weighted by Crippen LogP contribution is -2.26. The van der Waals surface area contributed by atoms with Gasteiger partial charge in [-0.15, -0.1) is 0 Å². The highest BCUT2D eigenvalue weighted by Crippen LogP contribution is 2.28. The molecule has 0 fully saturated rings. The van der Waals surface area contributed by atoms with E-state index in [1.165, 1.54) is 32.4 Å². The first-order chi connectivity index (χ1) is 8.08. The third-order valence-corrected chi connectivity index (χ3v) is 2.12. The topological polar surface area (TPSA) is 93.5 Å². The van der Waals surface area contributed by atoms with Gasteiger partial charge in [-0.25, -0.2) is 0 Å². The highest BCUT2D eigenvalue weighted by Gasteiger charge is 2.14. The number of methoxy groups -OCH3 is 1. The molecule has 17 heavy (non-hydrogen) atoms. The molecule has 0 aliphatic carbocycles. The summed E-state index contributed by atoms with van der Waals surface area (Å²) in [5.74, 6) is 0.220. The second-order valence-electron chi connectivity index (χ2n) is 3.17. The van der Waals surface area contributed by atoms with Crippen LogP contribution in [0, 0.1) is 10.1 Å². The molecular weight excluding hydrogens is 226 g/mol. The molecule has 1 rings (SSSR count). The van der Waals surface area contributed by atoms with E-state index >= 15 is 0 Å². The molecule has 0 aliphatic rings. The maximum Gasteiger partial charge on any atom is 0.292 e. The average Bonchev–Trinajstić information content (AvgIpc) is 2.35. The summed E-state index contributed by atoms with van der Waals surface area (Å²) in [4.78, 5) is 21.3. The predicted molar refractivity (Wildman–Crippen MR) is 62.2 cm³/mol. The van der Waals surface area contributed by atoms with Crippen LogP contribution in [0.3, 0.4) is 0 Å². The zero-order valence-electron chi connectivity index (χ0n) is 9.52. The number of hydrogen-bond acceptors (Lipinski definition) is 5. The van der Waals surface area contributed by atoms with Crippen LogP contribution in [0.5, 0.6) is 5.75 Å². The molecule has 1 aromatic rings. The Labute approximate surface area is 97.9 Å². The SMILES string of the molecule is CNC(=O)CNc1cc(OC)ccc1[N+](=O)[O-]. The number of carbonyl (C=O) groups is 1. The Morgan fingerprint density at radius 3 is 2.76 bits per heavy atom. The largest absolute Gasteiger partial charge is 0.497 e. The highest BCUT2D eigenvalue weighted by molar-refractivity contribution is 5.81. The number of likely N-dealkylation sites (N-methyl/N-ethyl adjacent to an activating group) is 1. The number of nitrogens with zero attached hydrogens (tertiary/aromatic N) is 1. The van der Waals surface area contributed by atoms with Gasteiger partial charge in [-0.2, -0.15) is 0 Å². The van der Waals surface area contributed by atoms with Crippen LogP contribution < -0.4 is 15.4 Å². The summed E-state index contributed by atoms with van der Waals surface area (Å²) in [7, 11) is 2.95. The van der Waals surface area contributed by atoms with Gasteiger partial charge in [0, 0.05) is 19.2 Å². The second-order valence-corrected chi connectivity index (χ2v) is 3.17. The molecule has 0 aliphatic heterocycles. The molecule has 1 aromatic carbocycles. The number of hydrogen-bond donors (Lipinski definition) is 2. The monoisotopic (exact) mass is 239 g/mol. The summed E-state index contributed by atoms with van der Waals surface area (Å²) in [6, 6.07) is 4.29. The lowest BCUT2D eigenvalue weighted by Gasteiger charge is -2.07. The van der Waals surface area contributed by atoms with Crippen molar-refractivity contribution in [3.8, 4) is 5.75 Å². The van der Waals surface area contributed by atoms with E-state index in [1.807, 2.05) is 0 Å². The van der Waals surface area contributed by atoms with Gasteiger partial charge in [-0.05, 0) is 6.07 Å². The van der Waals surface area contributed by atoms with Gasteiger partial charge in [-0.1, -0.05) is 0 Å². The van der Waals surface area contributed by atoms with E-state index < -0.39 is 4.92 Å². The van der Waals surface area contributed by atoms with Crippen molar-refractivity contribution in [2.24, 2.45) is 0 Å². The summed E-state index contributed by atoms with van der Waals surface area (Å²) in [6.07, 6.45) is 0. The minimum Gasteiger partial charge on any atom is -0.497 e. The van der Waals surface area contributed by atoms with Crippen LogP contribution >= 0.6 is 0 Å². The number of nitro groups is 1. The third kappa shape index (κ3) is 3.33. The van der Waals surface area contributed by atoms with E-state index in [4.69, 9.17) is 4.74 Å². The van der Waals surface area contributed by atoms with Gasteiger partial charge in [0.2, 0.25) is 5.91 Å². The number of nitrogens with one attached hydrogen (secondary N) is 2. The molecule has 0 saturated carbocycles.